The number of hydrogen-bond donors (Lipinski definition) is 1. The van der Waals surface area contributed by atoms with Gasteiger partial charge in [-0.1, -0.05) is 12.1 Å². The molecule has 2 aromatic rings. The number of hydrogen-bond acceptors (Lipinski definition) is 7. The highest BCUT2D eigenvalue weighted by Crippen LogP contribution is 2.41. The van der Waals surface area contributed by atoms with Gasteiger partial charge in [0.15, 0.2) is 11.5 Å². The van der Waals surface area contributed by atoms with Gasteiger partial charge in [-0.15, -0.1) is 0 Å². The summed E-state index contributed by atoms with van der Waals surface area (Å²) in [6.45, 7) is 3.91. The van der Waals surface area contributed by atoms with Gasteiger partial charge in [0.1, 0.15) is 24.7 Å². The van der Waals surface area contributed by atoms with Crippen molar-refractivity contribution in [2.45, 2.75) is 18.9 Å². The maximum Gasteiger partial charge on any atom is 0.295 e. The Labute approximate surface area is 198 Å². The van der Waals surface area contributed by atoms with E-state index in [2.05, 4.69) is 4.90 Å². The van der Waals surface area contributed by atoms with Crippen molar-refractivity contribution in [1.29, 1.82) is 0 Å². The lowest BCUT2D eigenvalue weighted by Crippen LogP contribution is -2.37. The number of nitrogens with zero attached hydrogens (tertiary/aromatic N) is 2. The number of methoxy groups -OCH3 is 1. The summed E-state index contributed by atoms with van der Waals surface area (Å²) in [6, 6.07) is 11.6. The predicted molar refractivity (Wildman–Crippen MR) is 125 cm³/mol. The Balaban J connectivity index is 1.56. The molecule has 0 radical (unpaired) electrons. The number of amides is 1. The molecular formula is C26H28N2O6. The van der Waals surface area contributed by atoms with Crippen molar-refractivity contribution in [3.63, 3.8) is 0 Å². The van der Waals surface area contributed by atoms with Crippen LogP contribution in [0.5, 0.6) is 17.2 Å². The minimum atomic E-state index is -0.717. The monoisotopic (exact) mass is 464 g/mol. The first-order chi connectivity index (χ1) is 16.6. The Morgan fingerprint density at radius 3 is 2.56 bits per heavy atom. The molecule has 2 fully saturated rings. The maximum atomic E-state index is 13.2. The summed E-state index contributed by atoms with van der Waals surface area (Å²) in [5.74, 6) is 0.163. The highest BCUT2D eigenvalue weighted by Gasteiger charge is 2.46. The van der Waals surface area contributed by atoms with Crippen LogP contribution in [0, 0.1) is 0 Å². The summed E-state index contributed by atoms with van der Waals surface area (Å²) in [5, 5.41) is 11.3. The number of aliphatic hydroxyl groups excluding tert-OH is 1. The molecule has 8 nitrogen and oxygen atoms in total. The number of fused-ring (bicyclic) bond motifs is 1. The van der Waals surface area contributed by atoms with E-state index in [9.17, 15) is 14.7 Å². The van der Waals surface area contributed by atoms with Gasteiger partial charge in [0.05, 0.1) is 18.7 Å². The van der Waals surface area contributed by atoms with Crippen molar-refractivity contribution in [1.82, 2.24) is 9.80 Å². The minimum Gasteiger partial charge on any atom is -0.507 e. The molecule has 0 aliphatic carbocycles. The molecule has 1 unspecified atom stereocenters. The lowest BCUT2D eigenvalue weighted by molar-refractivity contribution is -0.140. The maximum absolute atomic E-state index is 13.2. The molecule has 5 rings (SSSR count). The van der Waals surface area contributed by atoms with Crippen LogP contribution < -0.4 is 14.2 Å². The van der Waals surface area contributed by atoms with Gasteiger partial charge in [0.2, 0.25) is 0 Å². The van der Waals surface area contributed by atoms with Crippen molar-refractivity contribution in [3.8, 4) is 17.2 Å². The minimum absolute atomic E-state index is 0.0661. The Morgan fingerprint density at radius 2 is 1.79 bits per heavy atom. The summed E-state index contributed by atoms with van der Waals surface area (Å²) in [7, 11) is 1.57. The average Bonchev–Trinajstić information content (AvgIpc) is 3.48. The average molecular weight is 465 g/mol. The predicted octanol–water partition coefficient (Wildman–Crippen LogP) is 2.98. The molecule has 0 aromatic heterocycles. The molecule has 34 heavy (non-hydrogen) atoms. The van der Waals surface area contributed by atoms with E-state index in [4.69, 9.17) is 14.2 Å². The number of rotatable bonds is 6. The molecule has 2 aromatic carbocycles. The number of aliphatic hydroxyl groups is 1. The first kappa shape index (κ1) is 22.3. The zero-order valence-electron chi connectivity index (χ0n) is 19.2. The van der Waals surface area contributed by atoms with Gasteiger partial charge in [0, 0.05) is 18.7 Å². The third kappa shape index (κ3) is 4.09. The standard InChI is InChI=1S/C26H28N2O6/c1-32-19-6-4-5-17(15-19)23-22(24(29)18-7-8-20-21(16-18)34-14-13-33-20)25(30)26(31)28(23)12-11-27-9-2-3-10-27/h4-8,15-16,23,29H,2-3,9-14H2,1H3/b24-22+. The largest absolute Gasteiger partial charge is 0.507 e. The number of Topliss-reactive ketones (excluding diaryl/α,β-unsaturated/α-hetero) is 1. The number of ether oxygens (including phenoxy) is 3. The van der Waals surface area contributed by atoms with Crippen LogP contribution in [0.15, 0.2) is 48.0 Å². The molecule has 0 bridgehead atoms. The zero-order valence-corrected chi connectivity index (χ0v) is 19.2. The first-order valence-corrected chi connectivity index (χ1v) is 11.6. The van der Waals surface area contributed by atoms with Crippen LogP contribution in [0.25, 0.3) is 5.76 Å². The molecule has 8 heteroatoms. The van der Waals surface area contributed by atoms with Gasteiger partial charge in [0.25, 0.3) is 11.7 Å². The molecule has 3 heterocycles. The van der Waals surface area contributed by atoms with Crippen LogP contribution in [0.1, 0.15) is 30.0 Å². The highest BCUT2D eigenvalue weighted by atomic mass is 16.6. The topological polar surface area (TPSA) is 88.5 Å². The van der Waals surface area contributed by atoms with Gasteiger partial charge < -0.3 is 29.1 Å². The van der Waals surface area contributed by atoms with Crippen molar-refractivity contribution < 1.29 is 28.9 Å². The summed E-state index contributed by atoms with van der Waals surface area (Å²) in [4.78, 5) is 30.3. The SMILES string of the molecule is COc1cccc(C2/C(=C(\O)c3ccc4c(c3)OCCO4)C(=O)C(=O)N2CCN2CCCC2)c1. The van der Waals surface area contributed by atoms with Gasteiger partial charge in [-0.2, -0.15) is 0 Å². The van der Waals surface area contributed by atoms with Crippen LogP contribution in [-0.4, -0.2) is 73.1 Å². The normalized spacial score (nSPS) is 21.8. The van der Waals surface area contributed by atoms with E-state index in [1.165, 1.54) is 0 Å². The molecular weight excluding hydrogens is 436 g/mol. The molecule has 1 N–H and O–H groups in total. The van der Waals surface area contributed by atoms with Gasteiger partial charge in [-0.3, -0.25) is 9.59 Å². The Kier molecular flexibility index (Phi) is 6.15. The second kappa shape index (κ2) is 9.38. The fourth-order valence-corrected chi connectivity index (χ4v) is 4.87. The summed E-state index contributed by atoms with van der Waals surface area (Å²) in [6.07, 6.45) is 2.28. The number of ketones is 1. The van der Waals surface area contributed by atoms with Crippen LogP contribution in [-0.2, 0) is 9.59 Å². The summed E-state index contributed by atoms with van der Waals surface area (Å²) in [5.41, 5.74) is 1.17. The lowest BCUT2D eigenvalue weighted by Gasteiger charge is -2.27. The van der Waals surface area contributed by atoms with E-state index >= 15 is 0 Å². The molecule has 0 saturated carbocycles. The molecule has 1 atom stereocenters. The molecule has 3 aliphatic rings. The zero-order chi connectivity index (χ0) is 23.7. The third-order valence-electron chi connectivity index (χ3n) is 6.62. The van der Waals surface area contributed by atoms with Crippen molar-refractivity contribution in [3.05, 3.63) is 59.2 Å². The summed E-state index contributed by atoms with van der Waals surface area (Å²) >= 11 is 0. The highest BCUT2D eigenvalue weighted by molar-refractivity contribution is 6.46. The Morgan fingerprint density at radius 1 is 1.03 bits per heavy atom. The van der Waals surface area contributed by atoms with Crippen molar-refractivity contribution in [2.24, 2.45) is 0 Å². The van der Waals surface area contributed by atoms with E-state index in [1.54, 1.807) is 42.3 Å². The van der Waals surface area contributed by atoms with Crippen LogP contribution >= 0.6 is 0 Å². The fourth-order valence-electron chi connectivity index (χ4n) is 4.87. The number of benzene rings is 2. The van der Waals surface area contributed by atoms with E-state index < -0.39 is 17.7 Å². The number of likely N-dealkylation sites (tertiary alicyclic amines) is 2. The second-order valence-electron chi connectivity index (χ2n) is 8.68. The Bertz CT molecular complexity index is 1140. The molecule has 1 amide bonds. The van der Waals surface area contributed by atoms with Gasteiger partial charge >= 0.3 is 0 Å². The quantitative estimate of drug-likeness (QED) is 0.399. The molecule has 2 saturated heterocycles. The van der Waals surface area contributed by atoms with Crippen molar-refractivity contribution >= 4 is 17.4 Å². The molecule has 178 valence electrons. The number of carbonyl (C=O) groups excluding carboxylic acids is 2. The van der Waals surface area contributed by atoms with E-state index in [-0.39, 0.29) is 11.3 Å². The van der Waals surface area contributed by atoms with Crippen LogP contribution in [0.2, 0.25) is 0 Å². The van der Waals surface area contributed by atoms with E-state index in [0.29, 0.717) is 54.7 Å². The second-order valence-corrected chi connectivity index (χ2v) is 8.68. The lowest BCUT2D eigenvalue weighted by atomic mass is 9.95. The van der Waals surface area contributed by atoms with Crippen molar-refractivity contribution in [2.75, 3.05) is 46.5 Å². The first-order valence-electron chi connectivity index (χ1n) is 11.6. The smallest absolute Gasteiger partial charge is 0.295 e. The Hall–Kier alpha value is -3.52. The van der Waals surface area contributed by atoms with Crippen LogP contribution in [0.4, 0.5) is 0 Å². The third-order valence-corrected chi connectivity index (χ3v) is 6.62. The molecule has 3 aliphatic heterocycles. The van der Waals surface area contributed by atoms with Gasteiger partial charge in [-0.25, -0.2) is 0 Å². The fraction of sp³-hybridized carbons (Fsp3) is 0.385. The van der Waals surface area contributed by atoms with Gasteiger partial charge in [-0.05, 0) is 61.8 Å². The van der Waals surface area contributed by atoms with E-state index in [0.717, 1.165) is 25.9 Å². The number of carbonyl (C=O) groups is 2. The molecule has 0 spiro atoms. The van der Waals surface area contributed by atoms with E-state index in [1.807, 2.05) is 12.1 Å². The summed E-state index contributed by atoms with van der Waals surface area (Å²) < 4.78 is 16.6. The van der Waals surface area contributed by atoms with Crippen LogP contribution in [0.3, 0.4) is 0 Å².